The maximum Gasteiger partial charge on any atom is 0.161 e. The number of hydrogen-bond donors (Lipinski definition) is 1. The molecule has 1 fully saturated rings. The molecule has 5 heteroatoms. The number of halogens is 2. The van der Waals surface area contributed by atoms with Gasteiger partial charge in [0.05, 0.1) is 15.7 Å². The standard InChI is InChI=1S/C14H16BrFN2O/c15-13-11(8-17)4-5-12(14(13)16)18-6-1-7-19-9-10-2-3-10/h4-5,10,18H,1-3,6-7,9H2. The lowest BCUT2D eigenvalue weighted by Crippen LogP contribution is -2.08. The summed E-state index contributed by atoms with van der Waals surface area (Å²) < 4.78 is 19.6. The smallest absolute Gasteiger partial charge is 0.161 e. The van der Waals surface area contributed by atoms with Crippen LogP contribution < -0.4 is 5.32 Å². The van der Waals surface area contributed by atoms with Crippen LogP contribution >= 0.6 is 15.9 Å². The van der Waals surface area contributed by atoms with E-state index in [4.69, 9.17) is 10.00 Å². The third-order valence-electron chi connectivity index (χ3n) is 3.03. The van der Waals surface area contributed by atoms with Crippen molar-refractivity contribution in [2.45, 2.75) is 19.3 Å². The largest absolute Gasteiger partial charge is 0.383 e. The van der Waals surface area contributed by atoms with Crippen LogP contribution in [-0.2, 0) is 4.74 Å². The van der Waals surface area contributed by atoms with Crippen LogP contribution in [0.3, 0.4) is 0 Å². The molecule has 19 heavy (non-hydrogen) atoms. The summed E-state index contributed by atoms with van der Waals surface area (Å²) in [6.07, 6.45) is 3.43. The summed E-state index contributed by atoms with van der Waals surface area (Å²) >= 11 is 3.09. The van der Waals surface area contributed by atoms with Crippen molar-refractivity contribution >= 4 is 21.6 Å². The van der Waals surface area contributed by atoms with Crippen molar-refractivity contribution < 1.29 is 9.13 Å². The maximum absolute atomic E-state index is 13.8. The van der Waals surface area contributed by atoms with Gasteiger partial charge in [-0.3, -0.25) is 0 Å². The molecular formula is C14H16BrFN2O. The predicted octanol–water partition coefficient (Wildman–Crippen LogP) is 3.69. The van der Waals surface area contributed by atoms with Gasteiger partial charge in [-0.05, 0) is 53.2 Å². The van der Waals surface area contributed by atoms with Crippen LogP contribution in [0.4, 0.5) is 10.1 Å². The fourth-order valence-corrected chi connectivity index (χ4v) is 2.14. The molecule has 1 aromatic rings. The molecule has 1 aromatic carbocycles. The Hall–Kier alpha value is -1.12. The highest BCUT2D eigenvalue weighted by molar-refractivity contribution is 9.10. The molecule has 0 aliphatic heterocycles. The minimum atomic E-state index is -0.419. The van der Waals surface area contributed by atoms with Gasteiger partial charge in [-0.25, -0.2) is 4.39 Å². The second kappa shape index (κ2) is 6.88. The molecule has 0 aromatic heterocycles. The van der Waals surface area contributed by atoms with Gasteiger partial charge in [0, 0.05) is 19.8 Å². The first-order valence-electron chi connectivity index (χ1n) is 6.42. The number of nitrogens with zero attached hydrogens (tertiary/aromatic N) is 1. The molecule has 1 aliphatic rings. The summed E-state index contributed by atoms with van der Waals surface area (Å²) in [5.74, 6) is 0.359. The summed E-state index contributed by atoms with van der Waals surface area (Å²) in [6, 6.07) is 5.11. The van der Waals surface area contributed by atoms with E-state index in [-0.39, 0.29) is 4.47 Å². The molecule has 1 N–H and O–H groups in total. The number of rotatable bonds is 7. The third kappa shape index (κ3) is 4.19. The van der Waals surface area contributed by atoms with Gasteiger partial charge >= 0.3 is 0 Å². The van der Waals surface area contributed by atoms with Crippen molar-refractivity contribution in [2.75, 3.05) is 25.1 Å². The lowest BCUT2D eigenvalue weighted by atomic mass is 10.2. The predicted molar refractivity (Wildman–Crippen MR) is 75.5 cm³/mol. The number of benzene rings is 1. The van der Waals surface area contributed by atoms with Crippen molar-refractivity contribution in [3.8, 4) is 6.07 Å². The summed E-state index contributed by atoms with van der Waals surface area (Å²) in [5.41, 5.74) is 0.712. The fourth-order valence-electron chi connectivity index (χ4n) is 1.70. The van der Waals surface area contributed by atoms with Crippen molar-refractivity contribution in [3.63, 3.8) is 0 Å². The monoisotopic (exact) mass is 326 g/mol. The number of nitriles is 1. The highest BCUT2D eigenvalue weighted by Gasteiger charge is 2.20. The van der Waals surface area contributed by atoms with Crippen molar-refractivity contribution in [3.05, 3.63) is 28.0 Å². The average molecular weight is 327 g/mol. The first-order chi connectivity index (χ1) is 9.22. The van der Waals surface area contributed by atoms with Gasteiger partial charge in [0.1, 0.15) is 6.07 Å². The van der Waals surface area contributed by atoms with Crippen molar-refractivity contribution in [2.24, 2.45) is 5.92 Å². The van der Waals surface area contributed by atoms with Crippen LogP contribution in [0.25, 0.3) is 0 Å². The first kappa shape index (κ1) is 14.3. The Morgan fingerprint density at radius 2 is 2.26 bits per heavy atom. The lowest BCUT2D eigenvalue weighted by molar-refractivity contribution is 0.124. The Kier molecular flexibility index (Phi) is 5.17. The number of anilines is 1. The molecule has 0 radical (unpaired) electrons. The van der Waals surface area contributed by atoms with Gasteiger partial charge in [-0.2, -0.15) is 5.26 Å². The highest BCUT2D eigenvalue weighted by Crippen LogP contribution is 2.29. The molecule has 0 spiro atoms. The molecule has 0 unspecified atom stereocenters. The maximum atomic E-state index is 13.8. The Balaban J connectivity index is 1.73. The minimum absolute atomic E-state index is 0.213. The van der Waals surface area contributed by atoms with E-state index in [9.17, 15) is 4.39 Å². The van der Waals surface area contributed by atoms with Gasteiger partial charge in [0.15, 0.2) is 5.82 Å². The van der Waals surface area contributed by atoms with Crippen LogP contribution in [0, 0.1) is 23.1 Å². The second-order valence-electron chi connectivity index (χ2n) is 4.70. The lowest BCUT2D eigenvalue weighted by Gasteiger charge is -2.09. The second-order valence-corrected chi connectivity index (χ2v) is 5.49. The van der Waals surface area contributed by atoms with Gasteiger partial charge in [-0.1, -0.05) is 0 Å². The molecule has 2 rings (SSSR count). The van der Waals surface area contributed by atoms with Gasteiger partial charge in [-0.15, -0.1) is 0 Å². The van der Waals surface area contributed by atoms with E-state index in [0.29, 0.717) is 24.4 Å². The zero-order valence-electron chi connectivity index (χ0n) is 10.6. The molecule has 1 saturated carbocycles. The Bertz CT molecular complexity index is 483. The number of ether oxygens (including phenoxy) is 1. The molecule has 0 saturated heterocycles. The SMILES string of the molecule is N#Cc1ccc(NCCCOCC2CC2)c(F)c1Br. The average Bonchev–Trinajstić information content (AvgIpc) is 3.22. The van der Waals surface area contributed by atoms with Crippen molar-refractivity contribution in [1.82, 2.24) is 0 Å². The van der Waals surface area contributed by atoms with Crippen LogP contribution in [0.2, 0.25) is 0 Å². The van der Waals surface area contributed by atoms with Crippen LogP contribution in [-0.4, -0.2) is 19.8 Å². The molecule has 102 valence electrons. The molecule has 0 bridgehead atoms. The molecule has 1 aliphatic carbocycles. The number of hydrogen-bond acceptors (Lipinski definition) is 3. The van der Waals surface area contributed by atoms with E-state index in [1.807, 2.05) is 6.07 Å². The molecule has 3 nitrogen and oxygen atoms in total. The summed E-state index contributed by atoms with van der Waals surface area (Å²) in [4.78, 5) is 0. The number of nitrogens with one attached hydrogen (secondary N) is 1. The van der Waals surface area contributed by atoms with E-state index < -0.39 is 5.82 Å². The van der Waals surface area contributed by atoms with Crippen LogP contribution in [0.15, 0.2) is 16.6 Å². The molecule has 0 amide bonds. The Morgan fingerprint density at radius 1 is 1.47 bits per heavy atom. The fraction of sp³-hybridized carbons (Fsp3) is 0.500. The van der Waals surface area contributed by atoms with E-state index in [1.165, 1.54) is 12.8 Å². The van der Waals surface area contributed by atoms with Gasteiger partial charge in [0.25, 0.3) is 0 Å². The summed E-state index contributed by atoms with van der Waals surface area (Å²) in [7, 11) is 0. The Morgan fingerprint density at radius 3 is 2.95 bits per heavy atom. The minimum Gasteiger partial charge on any atom is -0.383 e. The zero-order valence-corrected chi connectivity index (χ0v) is 12.2. The van der Waals surface area contributed by atoms with E-state index in [1.54, 1.807) is 12.1 Å². The van der Waals surface area contributed by atoms with Crippen LogP contribution in [0.1, 0.15) is 24.8 Å². The normalized spacial score (nSPS) is 14.2. The quantitative estimate of drug-likeness (QED) is 0.777. The first-order valence-corrected chi connectivity index (χ1v) is 7.21. The highest BCUT2D eigenvalue weighted by atomic mass is 79.9. The molecule has 0 atom stereocenters. The third-order valence-corrected chi connectivity index (χ3v) is 3.81. The van der Waals surface area contributed by atoms with E-state index >= 15 is 0 Å². The topological polar surface area (TPSA) is 45.0 Å². The zero-order chi connectivity index (χ0) is 13.7. The van der Waals surface area contributed by atoms with Crippen molar-refractivity contribution in [1.29, 1.82) is 5.26 Å². The van der Waals surface area contributed by atoms with E-state index in [0.717, 1.165) is 18.9 Å². The summed E-state index contributed by atoms with van der Waals surface area (Å²) in [5, 5.41) is 11.8. The molecule has 0 heterocycles. The van der Waals surface area contributed by atoms with Crippen LogP contribution in [0.5, 0.6) is 0 Å². The van der Waals surface area contributed by atoms with Gasteiger partial charge < -0.3 is 10.1 Å². The van der Waals surface area contributed by atoms with E-state index in [2.05, 4.69) is 21.2 Å². The van der Waals surface area contributed by atoms with Gasteiger partial charge in [0.2, 0.25) is 0 Å². The molecular weight excluding hydrogens is 311 g/mol. The summed E-state index contributed by atoms with van der Waals surface area (Å²) in [6.45, 7) is 2.21. The Labute approximate surface area is 120 Å².